The van der Waals surface area contributed by atoms with Gasteiger partial charge in [-0.3, -0.25) is 9.55 Å². The number of imidazole rings is 1. The number of fused-ring (bicyclic) bond motifs is 4. The van der Waals surface area contributed by atoms with Gasteiger partial charge >= 0.3 is 0 Å². The Kier molecular flexibility index (Phi) is 8.27. The van der Waals surface area contributed by atoms with Crippen LogP contribution in [0.4, 0.5) is 0 Å². The molecule has 0 radical (unpaired) electrons. The van der Waals surface area contributed by atoms with Crippen LogP contribution in [0.25, 0.3) is 83.6 Å². The van der Waals surface area contributed by atoms with Gasteiger partial charge in [-0.1, -0.05) is 136 Å². The van der Waals surface area contributed by atoms with Crippen molar-refractivity contribution in [3.05, 3.63) is 162 Å². The predicted octanol–water partition coefficient (Wildman–Crippen LogP) is 13.9. The third kappa shape index (κ3) is 5.70. The fraction of sp³-hybridized carbons (Fsp3) is 0.160. The van der Waals surface area contributed by atoms with Crippen molar-refractivity contribution in [1.29, 1.82) is 0 Å². The van der Waals surface area contributed by atoms with E-state index in [1.165, 1.54) is 39.1 Å². The second-order valence-electron chi connectivity index (χ2n) is 15.1. The molecule has 9 rings (SSSR count). The largest absolute Gasteiger partial charge is 0.455 e. The van der Waals surface area contributed by atoms with Gasteiger partial charge in [0.15, 0.2) is 0 Å². The summed E-state index contributed by atoms with van der Waals surface area (Å²) in [6.45, 7) is 13.4. The van der Waals surface area contributed by atoms with E-state index in [9.17, 15) is 0 Å². The fourth-order valence-corrected chi connectivity index (χ4v) is 7.95. The van der Waals surface area contributed by atoms with Crippen molar-refractivity contribution in [3.8, 4) is 50.6 Å². The predicted molar refractivity (Wildman–Crippen MR) is 226 cm³/mol. The zero-order valence-corrected chi connectivity index (χ0v) is 31.7. The van der Waals surface area contributed by atoms with Gasteiger partial charge < -0.3 is 4.42 Å². The number of rotatable bonds is 7. The highest BCUT2D eigenvalue weighted by Gasteiger charge is 2.27. The fourth-order valence-electron chi connectivity index (χ4n) is 7.95. The molecule has 0 aliphatic heterocycles. The molecule has 0 amide bonds. The number of hydrogen-bond acceptors (Lipinski definition) is 3. The van der Waals surface area contributed by atoms with Crippen molar-refractivity contribution in [3.63, 3.8) is 0 Å². The molecule has 54 heavy (non-hydrogen) atoms. The van der Waals surface area contributed by atoms with Gasteiger partial charge in [-0.25, -0.2) is 4.98 Å². The summed E-state index contributed by atoms with van der Waals surface area (Å²) in [6, 6.07) is 49.7. The van der Waals surface area contributed by atoms with Crippen LogP contribution in [-0.2, 0) is 0 Å². The van der Waals surface area contributed by atoms with Crippen molar-refractivity contribution in [2.45, 2.75) is 53.4 Å². The van der Waals surface area contributed by atoms with E-state index < -0.39 is 0 Å². The smallest absolute Gasteiger partial charge is 0.149 e. The minimum Gasteiger partial charge on any atom is -0.455 e. The molecule has 0 N–H and O–H groups in total. The van der Waals surface area contributed by atoms with E-state index in [-0.39, 0.29) is 11.8 Å². The van der Waals surface area contributed by atoms with E-state index in [2.05, 4.69) is 180 Å². The second-order valence-corrected chi connectivity index (χ2v) is 15.1. The van der Waals surface area contributed by atoms with Crippen LogP contribution in [0.5, 0.6) is 0 Å². The molecule has 9 aromatic rings. The molecule has 0 fully saturated rings. The summed E-state index contributed by atoms with van der Waals surface area (Å²) in [5.41, 5.74) is 17.2. The molecular formula is C50H43N3O. The van der Waals surface area contributed by atoms with Crippen LogP contribution in [-0.4, -0.2) is 14.5 Å². The van der Waals surface area contributed by atoms with E-state index in [0.717, 1.165) is 66.9 Å². The van der Waals surface area contributed by atoms with Crippen LogP contribution < -0.4 is 0 Å². The number of aryl methyl sites for hydroxylation is 2. The number of hydrogen-bond donors (Lipinski definition) is 0. The lowest BCUT2D eigenvalue weighted by molar-refractivity contribution is 0.669. The summed E-state index contributed by atoms with van der Waals surface area (Å²) in [7, 11) is 0. The monoisotopic (exact) mass is 701 g/mol. The topological polar surface area (TPSA) is 43.9 Å². The van der Waals surface area contributed by atoms with Gasteiger partial charge in [-0.15, -0.1) is 0 Å². The van der Waals surface area contributed by atoms with E-state index in [1.807, 2.05) is 6.07 Å². The molecule has 3 aromatic heterocycles. The Morgan fingerprint density at radius 1 is 0.537 bits per heavy atom. The quantitative estimate of drug-likeness (QED) is 0.166. The van der Waals surface area contributed by atoms with Crippen LogP contribution >= 0.6 is 0 Å². The molecule has 3 heterocycles. The first-order valence-electron chi connectivity index (χ1n) is 19.0. The summed E-state index contributed by atoms with van der Waals surface area (Å²) in [6.07, 6.45) is 0. The minimum absolute atomic E-state index is 0.241. The van der Waals surface area contributed by atoms with E-state index >= 15 is 0 Å². The number of nitrogens with zero attached hydrogens (tertiary/aromatic N) is 3. The average Bonchev–Trinajstić information content (AvgIpc) is 3.77. The Bertz CT molecular complexity index is 2790. The molecule has 0 unspecified atom stereocenters. The number of para-hydroxylation sites is 1. The van der Waals surface area contributed by atoms with Gasteiger partial charge in [-0.2, -0.15) is 0 Å². The third-order valence-corrected chi connectivity index (χ3v) is 10.7. The van der Waals surface area contributed by atoms with Crippen LogP contribution in [0.15, 0.2) is 144 Å². The first-order chi connectivity index (χ1) is 26.2. The number of aromatic nitrogens is 3. The van der Waals surface area contributed by atoms with Crippen LogP contribution in [0.1, 0.15) is 61.9 Å². The van der Waals surface area contributed by atoms with Gasteiger partial charge in [0.2, 0.25) is 0 Å². The number of benzene rings is 6. The van der Waals surface area contributed by atoms with E-state index in [0.29, 0.717) is 0 Å². The zero-order valence-electron chi connectivity index (χ0n) is 31.7. The van der Waals surface area contributed by atoms with Gasteiger partial charge in [0.1, 0.15) is 17.0 Å². The highest BCUT2D eigenvalue weighted by molar-refractivity contribution is 6.10. The lowest BCUT2D eigenvalue weighted by atomic mass is 9.88. The SMILES string of the molecule is Cc1ccc(-c2ccc3c(c2)oc2c(-c4nc5cc(-c6ccccc6)nc(C)c5n4-c4c(C(C)C)cc(-c5ccccc5)cc4C(C)C)cccc23)cc1. The molecule has 0 aliphatic carbocycles. The van der Waals surface area contributed by atoms with Crippen molar-refractivity contribution in [2.24, 2.45) is 0 Å². The Balaban J connectivity index is 1.36. The Labute approximate surface area is 316 Å². The average molecular weight is 702 g/mol. The van der Waals surface area contributed by atoms with Crippen molar-refractivity contribution < 1.29 is 4.42 Å². The second kappa shape index (κ2) is 13.3. The van der Waals surface area contributed by atoms with Crippen LogP contribution in [0.2, 0.25) is 0 Å². The normalized spacial score (nSPS) is 11.9. The summed E-state index contributed by atoms with van der Waals surface area (Å²) in [5, 5.41) is 2.16. The Morgan fingerprint density at radius 3 is 1.83 bits per heavy atom. The number of pyridine rings is 1. The molecule has 0 atom stereocenters. The Morgan fingerprint density at radius 2 is 1.17 bits per heavy atom. The molecule has 0 aliphatic rings. The first-order valence-corrected chi connectivity index (χ1v) is 19.0. The molecule has 4 nitrogen and oxygen atoms in total. The van der Waals surface area contributed by atoms with Crippen molar-refractivity contribution in [2.75, 3.05) is 0 Å². The summed E-state index contributed by atoms with van der Waals surface area (Å²) in [4.78, 5) is 10.8. The summed E-state index contributed by atoms with van der Waals surface area (Å²) < 4.78 is 9.29. The van der Waals surface area contributed by atoms with Gasteiger partial charge in [0, 0.05) is 16.3 Å². The molecule has 0 bridgehead atoms. The van der Waals surface area contributed by atoms with Crippen LogP contribution in [0.3, 0.4) is 0 Å². The summed E-state index contributed by atoms with van der Waals surface area (Å²) in [5.74, 6) is 1.33. The van der Waals surface area contributed by atoms with Crippen LogP contribution in [0, 0.1) is 13.8 Å². The van der Waals surface area contributed by atoms with Gasteiger partial charge in [-0.05, 0) is 95.5 Å². The maximum Gasteiger partial charge on any atom is 0.149 e. The van der Waals surface area contributed by atoms with Gasteiger partial charge in [0.05, 0.1) is 33.7 Å². The Hall–Kier alpha value is -6.26. The maximum absolute atomic E-state index is 6.90. The molecule has 0 spiro atoms. The highest BCUT2D eigenvalue weighted by Crippen LogP contribution is 2.44. The lowest BCUT2D eigenvalue weighted by Crippen LogP contribution is -2.10. The highest BCUT2D eigenvalue weighted by atomic mass is 16.3. The molecule has 4 heteroatoms. The third-order valence-electron chi connectivity index (χ3n) is 10.7. The maximum atomic E-state index is 6.90. The zero-order chi connectivity index (χ0) is 37.1. The molecular weight excluding hydrogens is 659 g/mol. The summed E-state index contributed by atoms with van der Waals surface area (Å²) >= 11 is 0. The van der Waals surface area contributed by atoms with E-state index in [4.69, 9.17) is 14.4 Å². The van der Waals surface area contributed by atoms with Gasteiger partial charge in [0.25, 0.3) is 0 Å². The first kappa shape index (κ1) is 33.6. The molecule has 264 valence electrons. The lowest BCUT2D eigenvalue weighted by Gasteiger charge is -2.24. The van der Waals surface area contributed by atoms with Crippen molar-refractivity contribution in [1.82, 2.24) is 14.5 Å². The van der Waals surface area contributed by atoms with E-state index in [1.54, 1.807) is 0 Å². The molecule has 6 aromatic carbocycles. The van der Waals surface area contributed by atoms with Crippen molar-refractivity contribution >= 4 is 33.0 Å². The minimum atomic E-state index is 0.241. The molecule has 0 saturated heterocycles. The number of furan rings is 1. The molecule has 0 saturated carbocycles. The standard InChI is InChI=1S/C50H43N3O/c1-30(2)42-26-38(34-14-9-7-10-15-34)27-43(31(3)4)48(42)53-47-33(6)51-44(36-16-11-8-12-17-36)29-45(47)52-50(53)41-19-13-18-40-39-25-24-37(28-46(39)54-49(40)41)35-22-20-32(5)21-23-35/h7-31H,1-6H3.